The first-order chi connectivity index (χ1) is 8.86. The normalized spacial score (nSPS) is 12.1. The fourth-order valence-corrected chi connectivity index (χ4v) is 2.19. The molecule has 0 bridgehead atoms. The maximum atomic E-state index is 11.7. The van der Waals surface area contributed by atoms with Crippen molar-refractivity contribution in [2.75, 3.05) is 0 Å². The van der Waals surface area contributed by atoms with E-state index in [1.807, 2.05) is 45.0 Å². The zero-order valence-electron chi connectivity index (χ0n) is 11.5. The number of aromatic nitrogens is 1. The lowest BCUT2D eigenvalue weighted by Gasteiger charge is -2.16. The van der Waals surface area contributed by atoms with Gasteiger partial charge < -0.3 is 5.73 Å². The molecule has 0 spiro atoms. The van der Waals surface area contributed by atoms with Crippen LogP contribution in [0.4, 0.5) is 5.13 Å². The van der Waals surface area contributed by atoms with E-state index >= 15 is 0 Å². The molecule has 0 saturated carbocycles. The van der Waals surface area contributed by atoms with Gasteiger partial charge in [-0.3, -0.25) is 10.1 Å². The molecule has 0 fully saturated rings. The number of carbonyl (C=O) groups excluding carboxylic acids is 1. The quantitative estimate of drug-likeness (QED) is 0.627. The molecule has 5 nitrogen and oxygen atoms in total. The SMILES string of the molecule is CC(C)(C)C(=O)N/C(N)=N/c1nc2ccccc2s1.Cl. The molecule has 20 heavy (non-hydrogen) atoms. The zero-order chi connectivity index (χ0) is 14.0. The molecule has 0 unspecified atom stereocenters. The van der Waals surface area contributed by atoms with Gasteiger partial charge in [-0.15, -0.1) is 12.4 Å². The maximum Gasteiger partial charge on any atom is 0.232 e. The molecule has 2 rings (SSSR count). The van der Waals surface area contributed by atoms with Crippen LogP contribution in [0, 0.1) is 5.41 Å². The Labute approximate surface area is 127 Å². The van der Waals surface area contributed by atoms with Crippen molar-refractivity contribution in [2.24, 2.45) is 16.1 Å². The third-order valence-electron chi connectivity index (χ3n) is 2.42. The predicted molar refractivity (Wildman–Crippen MR) is 85.7 cm³/mol. The largest absolute Gasteiger partial charge is 0.369 e. The van der Waals surface area contributed by atoms with E-state index in [0.29, 0.717) is 5.13 Å². The van der Waals surface area contributed by atoms with E-state index < -0.39 is 5.41 Å². The highest BCUT2D eigenvalue weighted by Gasteiger charge is 2.21. The van der Waals surface area contributed by atoms with E-state index in [1.54, 1.807) is 0 Å². The summed E-state index contributed by atoms with van der Waals surface area (Å²) in [4.78, 5) is 20.2. The van der Waals surface area contributed by atoms with Gasteiger partial charge in [-0.2, -0.15) is 4.99 Å². The predicted octanol–water partition coefficient (Wildman–Crippen LogP) is 2.83. The van der Waals surface area contributed by atoms with Crippen LogP contribution in [0.15, 0.2) is 29.3 Å². The molecule has 0 aliphatic heterocycles. The number of fused-ring (bicyclic) bond motifs is 1. The average molecular weight is 313 g/mol. The van der Waals surface area contributed by atoms with E-state index in [-0.39, 0.29) is 24.3 Å². The highest BCUT2D eigenvalue weighted by Crippen LogP contribution is 2.27. The van der Waals surface area contributed by atoms with Crippen LogP contribution in [-0.2, 0) is 4.79 Å². The van der Waals surface area contributed by atoms with Gasteiger partial charge in [-0.25, -0.2) is 4.98 Å². The van der Waals surface area contributed by atoms with Gasteiger partial charge in [0.25, 0.3) is 0 Å². The molecule has 1 aromatic heterocycles. The number of carbonyl (C=O) groups is 1. The van der Waals surface area contributed by atoms with Gasteiger partial charge in [-0.1, -0.05) is 44.2 Å². The third kappa shape index (κ3) is 3.91. The van der Waals surface area contributed by atoms with E-state index in [2.05, 4.69) is 15.3 Å². The average Bonchev–Trinajstić information content (AvgIpc) is 2.69. The Morgan fingerprint density at radius 2 is 2.00 bits per heavy atom. The van der Waals surface area contributed by atoms with Gasteiger partial charge in [-0.05, 0) is 12.1 Å². The van der Waals surface area contributed by atoms with E-state index in [1.165, 1.54) is 11.3 Å². The van der Waals surface area contributed by atoms with Gasteiger partial charge in [0.05, 0.1) is 10.2 Å². The highest BCUT2D eigenvalue weighted by atomic mass is 35.5. The second-order valence-corrected chi connectivity index (χ2v) is 6.17. The summed E-state index contributed by atoms with van der Waals surface area (Å²) in [5.41, 5.74) is 6.08. The minimum Gasteiger partial charge on any atom is -0.369 e. The molecule has 108 valence electrons. The lowest BCUT2D eigenvalue weighted by atomic mass is 9.96. The molecule has 0 atom stereocenters. The summed E-state index contributed by atoms with van der Waals surface area (Å²) < 4.78 is 1.04. The number of aliphatic imine (C=N–C) groups is 1. The van der Waals surface area contributed by atoms with Crippen molar-refractivity contribution in [1.82, 2.24) is 10.3 Å². The lowest BCUT2D eigenvalue weighted by Crippen LogP contribution is -2.42. The standard InChI is InChI=1S/C13H16N4OS.ClH/c1-13(2,3)10(18)16-11(14)17-12-15-8-6-4-5-7-9(8)19-12;/h4-7H,1-3H3,(H3,14,15,16,17,18);1H. The van der Waals surface area contributed by atoms with Crippen molar-refractivity contribution < 1.29 is 4.79 Å². The number of nitrogens with two attached hydrogens (primary N) is 1. The number of hydrogen-bond acceptors (Lipinski definition) is 4. The lowest BCUT2D eigenvalue weighted by molar-refractivity contribution is -0.126. The van der Waals surface area contributed by atoms with Crippen molar-refractivity contribution in [3.8, 4) is 0 Å². The monoisotopic (exact) mass is 312 g/mol. The molecular formula is C13H17ClN4OS. The van der Waals surface area contributed by atoms with Crippen molar-refractivity contribution >= 4 is 51.0 Å². The third-order valence-corrected chi connectivity index (χ3v) is 3.35. The molecular weight excluding hydrogens is 296 g/mol. The molecule has 2 aromatic rings. The molecule has 0 aliphatic carbocycles. The first kappa shape index (κ1) is 16.4. The van der Waals surface area contributed by atoms with Crippen molar-refractivity contribution in [2.45, 2.75) is 20.8 Å². The molecule has 7 heteroatoms. The van der Waals surface area contributed by atoms with Crippen molar-refractivity contribution in [1.29, 1.82) is 0 Å². The van der Waals surface area contributed by atoms with Crippen LogP contribution in [0.2, 0.25) is 0 Å². The number of thiazole rings is 1. The molecule has 1 heterocycles. The number of hydrogen-bond donors (Lipinski definition) is 2. The fraction of sp³-hybridized carbons (Fsp3) is 0.308. The topological polar surface area (TPSA) is 80.4 Å². The summed E-state index contributed by atoms with van der Waals surface area (Å²) in [6.45, 7) is 5.44. The van der Waals surface area contributed by atoms with Crippen LogP contribution in [-0.4, -0.2) is 16.9 Å². The smallest absolute Gasteiger partial charge is 0.232 e. The second kappa shape index (κ2) is 6.19. The summed E-state index contributed by atoms with van der Waals surface area (Å²) in [5.74, 6) is -0.103. The van der Waals surface area contributed by atoms with Gasteiger partial charge >= 0.3 is 0 Å². The van der Waals surface area contributed by atoms with Crippen LogP contribution in [0.25, 0.3) is 10.2 Å². The fourth-order valence-electron chi connectivity index (χ4n) is 1.34. The van der Waals surface area contributed by atoms with Gasteiger partial charge in [0.1, 0.15) is 0 Å². The highest BCUT2D eigenvalue weighted by molar-refractivity contribution is 7.22. The zero-order valence-corrected chi connectivity index (χ0v) is 13.1. The minimum atomic E-state index is -0.506. The van der Waals surface area contributed by atoms with E-state index in [4.69, 9.17) is 5.73 Å². The summed E-state index contributed by atoms with van der Waals surface area (Å²) in [7, 11) is 0. The number of benzene rings is 1. The van der Waals surface area contributed by atoms with Crippen LogP contribution in [0.5, 0.6) is 0 Å². The Bertz CT molecular complexity index is 612. The number of amides is 1. The van der Waals surface area contributed by atoms with Crippen molar-refractivity contribution in [3.05, 3.63) is 24.3 Å². The minimum absolute atomic E-state index is 0. The summed E-state index contributed by atoms with van der Waals surface area (Å²) >= 11 is 1.43. The van der Waals surface area contributed by atoms with Gasteiger partial charge in [0, 0.05) is 5.41 Å². The Morgan fingerprint density at radius 3 is 2.60 bits per heavy atom. The van der Waals surface area contributed by atoms with Crippen molar-refractivity contribution in [3.63, 3.8) is 0 Å². The number of halogens is 1. The van der Waals surface area contributed by atoms with E-state index in [9.17, 15) is 4.79 Å². The summed E-state index contributed by atoms with van der Waals surface area (Å²) in [5, 5.41) is 3.10. The summed E-state index contributed by atoms with van der Waals surface area (Å²) in [6, 6.07) is 7.74. The first-order valence-electron chi connectivity index (χ1n) is 5.87. The van der Waals surface area contributed by atoms with Gasteiger partial charge in [0.15, 0.2) is 0 Å². The number of rotatable bonds is 1. The number of para-hydroxylation sites is 1. The van der Waals surface area contributed by atoms with E-state index in [0.717, 1.165) is 10.2 Å². The van der Waals surface area contributed by atoms with Gasteiger partial charge in [0.2, 0.25) is 17.0 Å². The van der Waals surface area contributed by atoms with Crippen LogP contribution in [0.1, 0.15) is 20.8 Å². The van der Waals surface area contributed by atoms with Crippen LogP contribution < -0.4 is 11.1 Å². The summed E-state index contributed by atoms with van der Waals surface area (Å²) in [6.07, 6.45) is 0. The first-order valence-corrected chi connectivity index (χ1v) is 6.69. The maximum absolute atomic E-state index is 11.7. The Morgan fingerprint density at radius 1 is 1.35 bits per heavy atom. The molecule has 0 saturated heterocycles. The molecule has 0 radical (unpaired) electrons. The molecule has 1 aromatic carbocycles. The molecule has 3 N–H and O–H groups in total. The Hall–Kier alpha value is -1.66. The number of nitrogens with one attached hydrogen (secondary N) is 1. The Kier molecular flexibility index (Phi) is 5.08. The van der Waals surface area contributed by atoms with Crippen LogP contribution >= 0.6 is 23.7 Å². The van der Waals surface area contributed by atoms with Crippen LogP contribution in [0.3, 0.4) is 0 Å². The number of nitrogens with zero attached hydrogens (tertiary/aromatic N) is 2. The molecule has 0 aliphatic rings. The molecule has 1 amide bonds. The number of guanidine groups is 1. The Balaban J connectivity index is 0.00000200. The second-order valence-electron chi connectivity index (χ2n) is 5.17.